The lowest BCUT2D eigenvalue weighted by Gasteiger charge is -2.38. The molecule has 0 N–H and O–H groups in total. The summed E-state index contributed by atoms with van der Waals surface area (Å²) >= 11 is 0. The van der Waals surface area contributed by atoms with Crippen LogP contribution in [0.2, 0.25) is 0 Å². The van der Waals surface area contributed by atoms with Crippen molar-refractivity contribution in [2.45, 2.75) is 77.2 Å². The molecular weight excluding hydrogens is 356 g/mol. The Morgan fingerprint density at radius 2 is 1.86 bits per heavy atom. The molecule has 1 aromatic rings. The zero-order chi connectivity index (χ0) is 20.2. The van der Waals surface area contributed by atoms with E-state index in [1.165, 1.54) is 5.57 Å². The van der Waals surface area contributed by atoms with Crippen LogP contribution >= 0.6 is 0 Å². The SMILES string of the molecule is COc1ccc(COCCC[C@@]2(C)OC/C=C(/C)C[C@@H]3OC(C)(C)O[C@H]32)cc1. The molecule has 3 atom stereocenters. The van der Waals surface area contributed by atoms with E-state index in [0.29, 0.717) is 19.8 Å². The van der Waals surface area contributed by atoms with Crippen molar-refractivity contribution in [3.05, 3.63) is 41.5 Å². The van der Waals surface area contributed by atoms with Crippen molar-refractivity contribution in [2.75, 3.05) is 20.3 Å². The molecule has 0 unspecified atom stereocenters. The molecule has 5 nitrogen and oxygen atoms in total. The molecule has 0 spiro atoms. The van der Waals surface area contributed by atoms with E-state index in [1.54, 1.807) is 7.11 Å². The molecule has 0 radical (unpaired) electrons. The van der Waals surface area contributed by atoms with E-state index in [4.69, 9.17) is 23.7 Å². The second-order valence-electron chi connectivity index (χ2n) is 8.48. The first-order valence-corrected chi connectivity index (χ1v) is 10.2. The summed E-state index contributed by atoms with van der Waals surface area (Å²) in [4.78, 5) is 0. The normalized spacial score (nSPS) is 31.4. The Labute approximate surface area is 169 Å². The van der Waals surface area contributed by atoms with Crippen molar-refractivity contribution >= 4 is 0 Å². The van der Waals surface area contributed by atoms with Crippen molar-refractivity contribution < 1.29 is 23.7 Å². The number of hydrogen-bond acceptors (Lipinski definition) is 5. The molecule has 0 bridgehead atoms. The largest absolute Gasteiger partial charge is 0.497 e. The van der Waals surface area contributed by atoms with E-state index in [2.05, 4.69) is 19.9 Å². The maximum absolute atomic E-state index is 6.29. The Morgan fingerprint density at radius 1 is 1.11 bits per heavy atom. The third kappa shape index (κ3) is 5.35. The van der Waals surface area contributed by atoms with Gasteiger partial charge in [-0.2, -0.15) is 0 Å². The van der Waals surface area contributed by atoms with Gasteiger partial charge in [-0.05, 0) is 64.7 Å². The fourth-order valence-corrected chi connectivity index (χ4v) is 4.01. The summed E-state index contributed by atoms with van der Waals surface area (Å²) in [5.74, 6) is 0.286. The van der Waals surface area contributed by atoms with Gasteiger partial charge in [-0.1, -0.05) is 23.8 Å². The highest BCUT2D eigenvalue weighted by Crippen LogP contribution is 2.41. The fraction of sp³-hybridized carbons (Fsp3) is 0.652. The summed E-state index contributed by atoms with van der Waals surface area (Å²) < 4.78 is 29.8. The number of ether oxygens (including phenoxy) is 5. The molecule has 0 aliphatic carbocycles. The second-order valence-corrected chi connectivity index (χ2v) is 8.48. The minimum Gasteiger partial charge on any atom is -0.497 e. The summed E-state index contributed by atoms with van der Waals surface area (Å²) in [5, 5.41) is 0. The second kappa shape index (κ2) is 8.95. The molecule has 156 valence electrons. The molecule has 1 saturated heterocycles. The molecule has 0 aromatic heterocycles. The van der Waals surface area contributed by atoms with Crippen LogP contribution in [0.5, 0.6) is 5.75 Å². The minimum absolute atomic E-state index is 0.0248. The van der Waals surface area contributed by atoms with Crippen LogP contribution in [0, 0.1) is 0 Å². The molecule has 5 heteroatoms. The zero-order valence-corrected chi connectivity index (χ0v) is 17.8. The van der Waals surface area contributed by atoms with Gasteiger partial charge < -0.3 is 23.7 Å². The first kappa shape index (κ1) is 21.3. The van der Waals surface area contributed by atoms with E-state index in [1.807, 2.05) is 38.1 Å². The Kier molecular flexibility index (Phi) is 6.81. The fourth-order valence-electron chi connectivity index (χ4n) is 4.01. The lowest BCUT2D eigenvalue weighted by atomic mass is 9.86. The highest BCUT2D eigenvalue weighted by molar-refractivity contribution is 5.26. The molecule has 3 rings (SSSR count). The topological polar surface area (TPSA) is 46.2 Å². The first-order chi connectivity index (χ1) is 13.3. The standard InChI is InChI=1S/C23H34O5/c1-17-11-14-26-23(4,21-20(15-17)27-22(2,3)28-21)12-6-13-25-16-18-7-9-19(24-5)10-8-18/h7-11,20-21H,6,12-16H2,1-5H3/b17-11-/t20-,21+,23+/m0/s1. The van der Waals surface area contributed by atoms with Gasteiger partial charge in [-0.15, -0.1) is 0 Å². The minimum atomic E-state index is -0.574. The summed E-state index contributed by atoms with van der Waals surface area (Å²) in [6.45, 7) is 10.1. The van der Waals surface area contributed by atoms with Crippen LogP contribution < -0.4 is 4.74 Å². The van der Waals surface area contributed by atoms with Gasteiger partial charge in [0, 0.05) is 6.61 Å². The monoisotopic (exact) mass is 390 g/mol. The molecule has 0 saturated carbocycles. The van der Waals surface area contributed by atoms with E-state index < -0.39 is 5.79 Å². The first-order valence-electron chi connectivity index (χ1n) is 10.2. The maximum atomic E-state index is 6.29. The van der Waals surface area contributed by atoms with E-state index in [-0.39, 0.29) is 17.8 Å². The number of methoxy groups -OCH3 is 1. The average molecular weight is 391 g/mol. The van der Waals surface area contributed by atoms with Gasteiger partial charge in [0.25, 0.3) is 0 Å². The van der Waals surface area contributed by atoms with Gasteiger partial charge >= 0.3 is 0 Å². The highest BCUT2D eigenvalue weighted by Gasteiger charge is 2.51. The van der Waals surface area contributed by atoms with Crippen LogP contribution in [-0.2, 0) is 25.6 Å². The molecule has 1 aromatic carbocycles. The average Bonchev–Trinajstić information content (AvgIpc) is 2.95. The predicted octanol–water partition coefficient (Wildman–Crippen LogP) is 4.64. The third-order valence-corrected chi connectivity index (χ3v) is 5.54. The van der Waals surface area contributed by atoms with Gasteiger partial charge in [0.1, 0.15) is 11.9 Å². The van der Waals surface area contributed by atoms with Crippen molar-refractivity contribution in [3.8, 4) is 5.75 Å². The number of fused-ring (bicyclic) bond motifs is 1. The number of rotatable bonds is 7. The number of hydrogen-bond donors (Lipinski definition) is 0. The molecule has 0 amide bonds. The molecule has 2 heterocycles. The summed E-state index contributed by atoms with van der Waals surface area (Å²) in [5.41, 5.74) is 2.05. The number of benzene rings is 1. The molecule has 2 aliphatic heterocycles. The van der Waals surface area contributed by atoms with Crippen LogP contribution in [0.3, 0.4) is 0 Å². The van der Waals surface area contributed by atoms with Gasteiger partial charge in [-0.3, -0.25) is 0 Å². The van der Waals surface area contributed by atoms with E-state index in [0.717, 1.165) is 30.6 Å². The van der Waals surface area contributed by atoms with Gasteiger partial charge in [0.05, 0.1) is 32.0 Å². The molecule has 1 fully saturated rings. The predicted molar refractivity (Wildman–Crippen MR) is 108 cm³/mol. The Morgan fingerprint density at radius 3 is 2.57 bits per heavy atom. The van der Waals surface area contributed by atoms with E-state index >= 15 is 0 Å². The van der Waals surface area contributed by atoms with Crippen LogP contribution in [0.4, 0.5) is 0 Å². The van der Waals surface area contributed by atoms with Crippen molar-refractivity contribution in [2.24, 2.45) is 0 Å². The van der Waals surface area contributed by atoms with Gasteiger partial charge in [-0.25, -0.2) is 0 Å². The van der Waals surface area contributed by atoms with Gasteiger partial charge in [0.15, 0.2) is 5.79 Å². The van der Waals surface area contributed by atoms with Crippen LogP contribution in [0.1, 0.15) is 52.5 Å². The molecule has 2 aliphatic rings. The van der Waals surface area contributed by atoms with E-state index in [9.17, 15) is 0 Å². The summed E-state index contributed by atoms with van der Waals surface area (Å²) in [6.07, 6.45) is 4.76. The maximum Gasteiger partial charge on any atom is 0.163 e. The van der Waals surface area contributed by atoms with Crippen molar-refractivity contribution in [1.82, 2.24) is 0 Å². The zero-order valence-electron chi connectivity index (χ0n) is 17.8. The third-order valence-electron chi connectivity index (χ3n) is 5.54. The van der Waals surface area contributed by atoms with Crippen LogP contribution in [0.25, 0.3) is 0 Å². The lowest BCUT2D eigenvalue weighted by Crippen LogP contribution is -2.49. The van der Waals surface area contributed by atoms with Crippen LogP contribution in [-0.4, -0.2) is 43.9 Å². The van der Waals surface area contributed by atoms with Gasteiger partial charge in [0.2, 0.25) is 0 Å². The quantitative estimate of drug-likeness (QED) is 0.501. The molecular formula is C23H34O5. The molecule has 28 heavy (non-hydrogen) atoms. The Balaban J connectivity index is 1.52. The smallest absolute Gasteiger partial charge is 0.163 e. The lowest BCUT2D eigenvalue weighted by molar-refractivity contribution is -0.179. The highest BCUT2D eigenvalue weighted by atomic mass is 16.8. The van der Waals surface area contributed by atoms with Crippen molar-refractivity contribution in [1.29, 1.82) is 0 Å². The summed E-state index contributed by atoms with van der Waals surface area (Å²) in [7, 11) is 1.67. The van der Waals surface area contributed by atoms with Crippen molar-refractivity contribution in [3.63, 3.8) is 0 Å². The summed E-state index contributed by atoms with van der Waals surface area (Å²) in [6, 6.07) is 7.97. The van der Waals surface area contributed by atoms with Crippen LogP contribution in [0.15, 0.2) is 35.9 Å². The Bertz CT molecular complexity index is 666. The Hall–Kier alpha value is -1.40.